The molecule has 0 radical (unpaired) electrons. The lowest BCUT2D eigenvalue weighted by molar-refractivity contribution is 0.214. The average Bonchev–Trinajstić information content (AvgIpc) is 2.38. The van der Waals surface area contributed by atoms with Gasteiger partial charge in [0.1, 0.15) is 11.9 Å². The Morgan fingerprint density at radius 1 is 1.16 bits per heavy atom. The van der Waals surface area contributed by atoms with Crippen molar-refractivity contribution >= 4 is 39.1 Å². The normalized spacial score (nSPS) is 12.2. The molecule has 19 heavy (non-hydrogen) atoms. The smallest absolute Gasteiger partial charge is 0.139 e. The molecule has 0 fully saturated rings. The zero-order chi connectivity index (χ0) is 13.8. The second-order valence-corrected chi connectivity index (χ2v) is 5.73. The van der Waals surface area contributed by atoms with Crippen molar-refractivity contribution in [2.24, 2.45) is 5.73 Å². The van der Waals surface area contributed by atoms with E-state index in [9.17, 15) is 0 Å². The highest BCUT2D eigenvalue weighted by molar-refractivity contribution is 9.10. The number of halogens is 3. The first-order chi connectivity index (χ1) is 9.10. The molecule has 0 heterocycles. The molecule has 0 aliphatic heterocycles. The van der Waals surface area contributed by atoms with E-state index in [1.54, 1.807) is 18.2 Å². The van der Waals surface area contributed by atoms with Gasteiger partial charge in [-0.3, -0.25) is 0 Å². The van der Waals surface area contributed by atoms with Gasteiger partial charge in [0.15, 0.2) is 0 Å². The lowest BCUT2D eigenvalue weighted by Crippen LogP contribution is -2.18. The number of hydrogen-bond acceptors (Lipinski definition) is 2. The highest BCUT2D eigenvalue weighted by Gasteiger charge is 2.13. The van der Waals surface area contributed by atoms with E-state index in [0.717, 1.165) is 10.0 Å². The minimum Gasteiger partial charge on any atom is -0.483 e. The number of benzene rings is 2. The van der Waals surface area contributed by atoms with Crippen molar-refractivity contribution in [2.75, 3.05) is 6.54 Å². The van der Waals surface area contributed by atoms with Gasteiger partial charge in [0.05, 0.1) is 5.02 Å². The van der Waals surface area contributed by atoms with Crippen LogP contribution in [0.25, 0.3) is 0 Å². The third-order valence-corrected chi connectivity index (χ3v) is 3.62. The highest BCUT2D eigenvalue weighted by Crippen LogP contribution is 2.31. The minimum atomic E-state index is -0.254. The molecule has 2 rings (SSSR count). The van der Waals surface area contributed by atoms with E-state index in [4.69, 9.17) is 33.7 Å². The zero-order valence-corrected chi connectivity index (χ0v) is 13.0. The minimum absolute atomic E-state index is 0.254. The summed E-state index contributed by atoms with van der Waals surface area (Å²) in [5.41, 5.74) is 6.76. The second kappa shape index (κ2) is 6.62. The van der Waals surface area contributed by atoms with Crippen molar-refractivity contribution in [3.05, 3.63) is 62.5 Å². The summed E-state index contributed by atoms with van der Waals surface area (Å²) in [6.45, 7) is 0.357. The summed E-state index contributed by atoms with van der Waals surface area (Å²) in [6, 6.07) is 12.9. The van der Waals surface area contributed by atoms with Crippen molar-refractivity contribution in [3.63, 3.8) is 0 Å². The maximum Gasteiger partial charge on any atom is 0.139 e. The number of ether oxygens (including phenoxy) is 1. The molecule has 100 valence electrons. The van der Waals surface area contributed by atoms with Crippen LogP contribution >= 0.6 is 39.1 Å². The molecule has 2 aromatic rings. The maximum atomic E-state index is 6.09. The number of hydrogen-bond donors (Lipinski definition) is 1. The van der Waals surface area contributed by atoms with E-state index in [0.29, 0.717) is 22.3 Å². The first kappa shape index (κ1) is 14.7. The predicted octanol–water partition coefficient (Wildman–Crippen LogP) is 4.83. The molecular formula is C14H12BrCl2NO. The van der Waals surface area contributed by atoms with E-state index < -0.39 is 0 Å². The van der Waals surface area contributed by atoms with Gasteiger partial charge in [0.2, 0.25) is 0 Å². The van der Waals surface area contributed by atoms with Gasteiger partial charge in [-0.1, -0.05) is 51.3 Å². The predicted molar refractivity (Wildman–Crippen MR) is 83.0 cm³/mol. The quantitative estimate of drug-likeness (QED) is 0.846. The fraction of sp³-hybridized carbons (Fsp3) is 0.143. The van der Waals surface area contributed by atoms with Crippen LogP contribution in [0.5, 0.6) is 5.75 Å². The standard InChI is InChI=1S/C14H12BrCl2NO/c15-10-3-1-2-9(6-10)14(8-18)19-13-5-4-11(16)7-12(13)17/h1-7,14H,8,18H2. The third-order valence-electron chi connectivity index (χ3n) is 2.60. The Kier molecular flexibility index (Phi) is 5.11. The van der Waals surface area contributed by atoms with Crippen LogP contribution in [0.1, 0.15) is 11.7 Å². The summed E-state index contributed by atoms with van der Waals surface area (Å²) in [7, 11) is 0. The Morgan fingerprint density at radius 3 is 2.58 bits per heavy atom. The molecule has 0 spiro atoms. The van der Waals surface area contributed by atoms with Gasteiger partial charge in [-0.15, -0.1) is 0 Å². The molecule has 0 aromatic heterocycles. The average molecular weight is 361 g/mol. The van der Waals surface area contributed by atoms with Gasteiger partial charge in [-0.25, -0.2) is 0 Å². The largest absolute Gasteiger partial charge is 0.483 e. The molecule has 2 aromatic carbocycles. The molecule has 0 aliphatic carbocycles. The van der Waals surface area contributed by atoms with Crippen LogP contribution in [0.2, 0.25) is 10.0 Å². The van der Waals surface area contributed by atoms with Crippen LogP contribution in [-0.4, -0.2) is 6.54 Å². The first-order valence-corrected chi connectivity index (χ1v) is 7.22. The van der Waals surface area contributed by atoms with Gasteiger partial charge >= 0.3 is 0 Å². The van der Waals surface area contributed by atoms with Crippen LogP contribution in [-0.2, 0) is 0 Å². The van der Waals surface area contributed by atoms with Crippen molar-refractivity contribution in [1.82, 2.24) is 0 Å². The molecule has 0 saturated carbocycles. The SMILES string of the molecule is NCC(Oc1ccc(Cl)cc1Cl)c1cccc(Br)c1. The molecule has 0 bridgehead atoms. The molecule has 0 aliphatic rings. The molecule has 2 nitrogen and oxygen atoms in total. The fourth-order valence-electron chi connectivity index (χ4n) is 1.68. The summed E-state index contributed by atoms with van der Waals surface area (Å²) in [5, 5.41) is 1.05. The van der Waals surface area contributed by atoms with Crippen molar-refractivity contribution in [2.45, 2.75) is 6.10 Å². The van der Waals surface area contributed by atoms with E-state index in [1.807, 2.05) is 24.3 Å². The van der Waals surface area contributed by atoms with Crippen LogP contribution in [0.3, 0.4) is 0 Å². The Balaban J connectivity index is 2.24. The van der Waals surface area contributed by atoms with Gasteiger partial charge in [-0.2, -0.15) is 0 Å². The Bertz CT molecular complexity index is 577. The highest BCUT2D eigenvalue weighted by atomic mass is 79.9. The molecule has 0 saturated heterocycles. The van der Waals surface area contributed by atoms with E-state index in [2.05, 4.69) is 15.9 Å². The number of rotatable bonds is 4. The first-order valence-electron chi connectivity index (χ1n) is 5.67. The van der Waals surface area contributed by atoms with E-state index >= 15 is 0 Å². The summed E-state index contributed by atoms with van der Waals surface area (Å²) in [5.74, 6) is 0.571. The van der Waals surface area contributed by atoms with Crippen LogP contribution in [0, 0.1) is 0 Å². The zero-order valence-electron chi connectivity index (χ0n) is 9.95. The lowest BCUT2D eigenvalue weighted by atomic mass is 10.1. The van der Waals surface area contributed by atoms with Crippen LogP contribution in [0.15, 0.2) is 46.9 Å². The van der Waals surface area contributed by atoms with Crippen LogP contribution in [0.4, 0.5) is 0 Å². The van der Waals surface area contributed by atoms with Crippen molar-refractivity contribution in [3.8, 4) is 5.75 Å². The van der Waals surface area contributed by atoms with Crippen molar-refractivity contribution < 1.29 is 4.74 Å². The molecule has 2 N–H and O–H groups in total. The van der Waals surface area contributed by atoms with Gasteiger partial charge < -0.3 is 10.5 Å². The summed E-state index contributed by atoms with van der Waals surface area (Å²) >= 11 is 15.4. The Morgan fingerprint density at radius 2 is 1.95 bits per heavy atom. The topological polar surface area (TPSA) is 35.2 Å². The fourth-order valence-corrected chi connectivity index (χ4v) is 2.55. The summed E-state index contributed by atoms with van der Waals surface area (Å²) in [6.07, 6.45) is -0.254. The van der Waals surface area contributed by atoms with Gasteiger partial charge in [0, 0.05) is 16.0 Å². The second-order valence-electron chi connectivity index (χ2n) is 3.97. The summed E-state index contributed by atoms with van der Waals surface area (Å²) in [4.78, 5) is 0. The van der Waals surface area contributed by atoms with Crippen molar-refractivity contribution in [1.29, 1.82) is 0 Å². The number of nitrogens with two attached hydrogens (primary N) is 1. The van der Waals surface area contributed by atoms with Gasteiger partial charge in [-0.05, 0) is 35.9 Å². The molecular weight excluding hydrogens is 349 g/mol. The maximum absolute atomic E-state index is 6.09. The molecule has 5 heteroatoms. The Hall–Kier alpha value is -0.740. The third kappa shape index (κ3) is 3.86. The summed E-state index contributed by atoms with van der Waals surface area (Å²) < 4.78 is 6.83. The van der Waals surface area contributed by atoms with Gasteiger partial charge in [0.25, 0.3) is 0 Å². The lowest BCUT2D eigenvalue weighted by Gasteiger charge is -2.19. The van der Waals surface area contributed by atoms with Crippen LogP contribution < -0.4 is 10.5 Å². The molecule has 1 atom stereocenters. The molecule has 0 amide bonds. The monoisotopic (exact) mass is 359 g/mol. The molecule has 1 unspecified atom stereocenters. The van der Waals surface area contributed by atoms with E-state index in [-0.39, 0.29) is 6.10 Å². The Labute approximate surface area is 130 Å². The van der Waals surface area contributed by atoms with E-state index in [1.165, 1.54) is 0 Å².